The zero-order valence-electron chi connectivity index (χ0n) is 14.5. The molecule has 1 N–H and O–H groups in total. The number of hydrogen-bond donors (Lipinski definition) is 1. The highest BCUT2D eigenvalue weighted by molar-refractivity contribution is 9.10. The number of nitrogens with zero attached hydrogens (tertiary/aromatic N) is 1. The number of hydrogen-bond acceptors (Lipinski definition) is 3. The summed E-state index contributed by atoms with van der Waals surface area (Å²) in [5.41, 5.74) is 1.92. The van der Waals surface area contributed by atoms with E-state index in [0.29, 0.717) is 5.02 Å². The first kappa shape index (κ1) is 25.3. The van der Waals surface area contributed by atoms with Gasteiger partial charge in [0.15, 0.2) is 0 Å². The van der Waals surface area contributed by atoms with Crippen LogP contribution in [-0.2, 0) is 0 Å². The molecule has 1 heterocycles. The van der Waals surface area contributed by atoms with Crippen LogP contribution < -0.4 is 10.1 Å². The van der Waals surface area contributed by atoms with Crippen LogP contribution in [0.4, 0.5) is 13.2 Å². The Labute approximate surface area is 187 Å². The van der Waals surface area contributed by atoms with Crippen molar-refractivity contribution in [1.29, 1.82) is 0 Å². The number of alkyl halides is 3. The Hall–Kier alpha value is -0.700. The minimum Gasteiger partial charge on any atom is -0.406 e. The largest absolute Gasteiger partial charge is 0.573 e. The van der Waals surface area contributed by atoms with Gasteiger partial charge in [-0.05, 0) is 51.3 Å². The Bertz CT molecular complexity index is 757. The summed E-state index contributed by atoms with van der Waals surface area (Å²) in [4.78, 5) is 2.30. The average molecular weight is 523 g/mol. The van der Waals surface area contributed by atoms with E-state index in [9.17, 15) is 13.2 Å². The first-order chi connectivity index (χ1) is 12.3. The molecule has 0 aliphatic carbocycles. The lowest BCUT2D eigenvalue weighted by molar-refractivity contribution is -0.274. The molecule has 1 saturated heterocycles. The number of halogens is 7. The predicted octanol–water partition coefficient (Wildman–Crippen LogP) is 5.84. The molecule has 1 aliphatic heterocycles. The fourth-order valence-electron chi connectivity index (χ4n) is 3.09. The highest BCUT2D eigenvalue weighted by Crippen LogP contribution is 2.34. The Morgan fingerprint density at radius 2 is 1.57 bits per heavy atom. The average Bonchev–Trinajstić information content (AvgIpc) is 2.59. The van der Waals surface area contributed by atoms with Gasteiger partial charge < -0.3 is 10.1 Å². The molecule has 3 nitrogen and oxygen atoms in total. The van der Waals surface area contributed by atoms with E-state index in [1.54, 1.807) is 12.1 Å². The second-order valence-electron chi connectivity index (χ2n) is 5.98. The fourth-order valence-corrected chi connectivity index (χ4v) is 3.60. The molecule has 28 heavy (non-hydrogen) atoms. The zero-order valence-corrected chi connectivity index (χ0v) is 18.5. The Kier molecular flexibility index (Phi) is 9.86. The quantitative estimate of drug-likeness (QED) is 0.546. The molecule has 1 fully saturated rings. The Morgan fingerprint density at radius 1 is 1.00 bits per heavy atom. The van der Waals surface area contributed by atoms with Crippen LogP contribution in [0, 0.1) is 0 Å². The summed E-state index contributed by atoms with van der Waals surface area (Å²) in [5, 5.41) is 3.92. The number of nitrogens with one attached hydrogen (secondary N) is 1. The van der Waals surface area contributed by atoms with Gasteiger partial charge in [0.2, 0.25) is 0 Å². The van der Waals surface area contributed by atoms with Crippen LogP contribution in [0.3, 0.4) is 0 Å². The second-order valence-corrected chi connectivity index (χ2v) is 7.24. The van der Waals surface area contributed by atoms with Gasteiger partial charge in [-0.25, -0.2) is 0 Å². The topological polar surface area (TPSA) is 24.5 Å². The molecule has 1 atom stereocenters. The van der Waals surface area contributed by atoms with Crippen LogP contribution in [-0.4, -0.2) is 37.4 Å². The molecule has 0 spiro atoms. The highest BCUT2D eigenvalue weighted by Gasteiger charge is 2.31. The van der Waals surface area contributed by atoms with Crippen molar-refractivity contribution in [3.8, 4) is 5.75 Å². The van der Waals surface area contributed by atoms with E-state index >= 15 is 0 Å². The molecule has 0 aromatic heterocycles. The normalized spacial score (nSPS) is 15.9. The molecule has 0 amide bonds. The molecular formula is C18H19BrCl3F3N2O. The van der Waals surface area contributed by atoms with Crippen LogP contribution in [0.15, 0.2) is 46.9 Å². The third-order valence-corrected chi connectivity index (χ3v) is 5.42. The van der Waals surface area contributed by atoms with Crippen molar-refractivity contribution in [2.75, 3.05) is 26.2 Å². The summed E-state index contributed by atoms with van der Waals surface area (Å²) in [6.45, 7) is 3.40. The summed E-state index contributed by atoms with van der Waals surface area (Å²) in [6, 6.07) is 11.7. The monoisotopic (exact) mass is 520 g/mol. The summed E-state index contributed by atoms with van der Waals surface area (Å²) in [6.07, 6.45) is -4.69. The second kappa shape index (κ2) is 10.9. The maximum absolute atomic E-state index is 12.4. The maximum atomic E-state index is 12.4. The van der Waals surface area contributed by atoms with Crippen molar-refractivity contribution in [3.63, 3.8) is 0 Å². The van der Waals surface area contributed by atoms with Gasteiger partial charge in [-0.15, -0.1) is 38.0 Å². The molecular weight excluding hydrogens is 503 g/mol. The summed E-state index contributed by atoms with van der Waals surface area (Å²) >= 11 is 9.55. The summed E-state index contributed by atoms with van der Waals surface area (Å²) in [5.74, 6) is -0.224. The minimum absolute atomic E-state index is 0. The SMILES string of the molecule is Cl.Cl.FC(F)(F)Oc1ccc([C@H](c2ccc(Cl)c(Br)c2)N2CCNCC2)cc1. The van der Waals surface area contributed by atoms with Crippen molar-refractivity contribution in [1.82, 2.24) is 10.2 Å². The first-order valence-corrected chi connectivity index (χ1v) is 9.26. The Morgan fingerprint density at radius 3 is 2.11 bits per heavy atom. The fraction of sp³-hybridized carbons (Fsp3) is 0.333. The number of rotatable bonds is 4. The van der Waals surface area contributed by atoms with E-state index in [4.69, 9.17) is 11.6 Å². The molecule has 1 aliphatic rings. The zero-order chi connectivity index (χ0) is 18.7. The molecule has 156 valence electrons. The van der Waals surface area contributed by atoms with Gasteiger partial charge in [0.05, 0.1) is 11.1 Å². The molecule has 0 unspecified atom stereocenters. The van der Waals surface area contributed by atoms with E-state index in [0.717, 1.165) is 41.8 Å². The smallest absolute Gasteiger partial charge is 0.406 e. The van der Waals surface area contributed by atoms with Gasteiger partial charge >= 0.3 is 6.36 Å². The van der Waals surface area contributed by atoms with Crippen molar-refractivity contribution in [2.45, 2.75) is 12.4 Å². The maximum Gasteiger partial charge on any atom is 0.573 e. The lowest BCUT2D eigenvalue weighted by Gasteiger charge is -2.35. The van der Waals surface area contributed by atoms with Gasteiger partial charge in [-0.3, -0.25) is 4.90 Å². The van der Waals surface area contributed by atoms with E-state index in [1.807, 2.05) is 18.2 Å². The minimum atomic E-state index is -4.69. The van der Waals surface area contributed by atoms with Crippen molar-refractivity contribution >= 4 is 52.3 Å². The number of piperazine rings is 1. The van der Waals surface area contributed by atoms with E-state index < -0.39 is 6.36 Å². The van der Waals surface area contributed by atoms with Gasteiger partial charge in [-0.2, -0.15) is 0 Å². The highest BCUT2D eigenvalue weighted by atomic mass is 79.9. The standard InChI is InChI=1S/C18H17BrClF3N2O.2ClH/c19-15-11-13(3-6-16(15)20)17(25-9-7-24-8-10-25)12-1-4-14(5-2-12)26-18(21,22)23;;/h1-6,11,17,24H,7-10H2;2*1H/t17-;;/m1../s1. The predicted molar refractivity (Wildman–Crippen MR) is 113 cm³/mol. The van der Waals surface area contributed by atoms with E-state index in [1.165, 1.54) is 12.1 Å². The van der Waals surface area contributed by atoms with E-state index in [-0.39, 0.29) is 36.6 Å². The van der Waals surface area contributed by atoms with E-state index in [2.05, 4.69) is 30.9 Å². The lowest BCUT2D eigenvalue weighted by Crippen LogP contribution is -2.45. The van der Waals surface area contributed by atoms with Crippen molar-refractivity contribution < 1.29 is 17.9 Å². The third kappa shape index (κ3) is 6.68. The van der Waals surface area contributed by atoms with Crippen LogP contribution in [0.2, 0.25) is 5.02 Å². The van der Waals surface area contributed by atoms with Crippen LogP contribution >= 0.6 is 52.3 Å². The van der Waals surface area contributed by atoms with Gasteiger partial charge in [0.25, 0.3) is 0 Å². The molecule has 10 heteroatoms. The number of benzene rings is 2. The van der Waals surface area contributed by atoms with Crippen LogP contribution in [0.1, 0.15) is 17.2 Å². The molecule has 3 rings (SSSR count). The van der Waals surface area contributed by atoms with Gasteiger partial charge in [-0.1, -0.05) is 29.8 Å². The Balaban J connectivity index is 0.00000196. The summed E-state index contributed by atoms with van der Waals surface area (Å²) < 4.78 is 41.9. The van der Waals surface area contributed by atoms with Crippen LogP contribution in [0.25, 0.3) is 0 Å². The third-order valence-electron chi connectivity index (χ3n) is 4.21. The lowest BCUT2D eigenvalue weighted by atomic mass is 9.96. The molecule has 0 radical (unpaired) electrons. The summed E-state index contributed by atoms with van der Waals surface area (Å²) in [7, 11) is 0. The van der Waals surface area contributed by atoms with Crippen LogP contribution in [0.5, 0.6) is 5.75 Å². The molecule has 0 bridgehead atoms. The van der Waals surface area contributed by atoms with Gasteiger partial charge in [0.1, 0.15) is 5.75 Å². The molecule has 2 aromatic carbocycles. The molecule has 2 aromatic rings. The molecule has 0 saturated carbocycles. The number of ether oxygens (including phenoxy) is 1. The van der Waals surface area contributed by atoms with Crippen molar-refractivity contribution in [2.24, 2.45) is 0 Å². The first-order valence-electron chi connectivity index (χ1n) is 8.09. The van der Waals surface area contributed by atoms with Crippen molar-refractivity contribution in [3.05, 3.63) is 63.1 Å². The van der Waals surface area contributed by atoms with Gasteiger partial charge in [0, 0.05) is 30.7 Å².